The minimum Gasteiger partial charge on any atom is -0.379 e. The highest BCUT2D eigenvalue weighted by molar-refractivity contribution is 6.69. The number of amides is 1. The number of carbonyl (C=O) groups excluding carboxylic acids is 1. The zero-order chi connectivity index (χ0) is 28.5. The van der Waals surface area contributed by atoms with E-state index in [-0.39, 0.29) is 33.0 Å². The minimum atomic E-state index is -0.273. The van der Waals surface area contributed by atoms with Crippen LogP contribution >= 0.6 is 0 Å². The molecule has 1 amide bonds. The molecule has 8 nitrogen and oxygen atoms in total. The molecule has 1 saturated heterocycles. The molecular weight excluding hydrogens is 477 g/mol. The summed E-state index contributed by atoms with van der Waals surface area (Å²) >= 11 is 0. The highest BCUT2D eigenvalue weighted by Gasteiger charge is 2.65. The summed E-state index contributed by atoms with van der Waals surface area (Å²) in [7, 11) is 20.3. The van der Waals surface area contributed by atoms with Gasteiger partial charge in [0.2, 0.25) is 5.95 Å². The molecule has 39 heavy (non-hydrogen) atoms. The third-order valence-corrected chi connectivity index (χ3v) is 10.3. The van der Waals surface area contributed by atoms with E-state index in [4.69, 9.17) is 4.98 Å². The summed E-state index contributed by atoms with van der Waals surface area (Å²) in [5.74, 6) is 1.70. The van der Waals surface area contributed by atoms with Gasteiger partial charge in [-0.25, -0.2) is 19.9 Å². The molecule has 5 rings (SSSR count). The number of aryl methyl sites for hydroxylation is 1. The Kier molecular flexibility index (Phi) is 6.20. The number of rotatable bonds is 4. The van der Waals surface area contributed by atoms with E-state index in [0.29, 0.717) is 5.56 Å². The molecular formula is C23H31B8N7O. The van der Waals surface area contributed by atoms with Crippen LogP contribution in [0.25, 0.3) is 22.2 Å². The van der Waals surface area contributed by atoms with Crippen molar-refractivity contribution in [3.05, 3.63) is 60.3 Å². The number of nitrogens with one attached hydrogen (secondary N) is 1. The van der Waals surface area contributed by atoms with Gasteiger partial charge in [0.15, 0.2) is 0 Å². The molecule has 0 unspecified atom stereocenters. The second-order valence-corrected chi connectivity index (χ2v) is 12.8. The van der Waals surface area contributed by atoms with Crippen molar-refractivity contribution in [1.82, 2.24) is 24.5 Å². The first-order valence-corrected chi connectivity index (χ1v) is 13.4. The Bertz CT molecular complexity index is 1600. The van der Waals surface area contributed by atoms with Gasteiger partial charge in [0.1, 0.15) is 43.0 Å². The van der Waals surface area contributed by atoms with Crippen molar-refractivity contribution in [1.29, 1.82) is 0 Å². The Balaban J connectivity index is 1.45. The van der Waals surface area contributed by atoms with E-state index in [1.165, 1.54) is 0 Å². The number of hydrogen-bond donors (Lipinski definition) is 1. The van der Waals surface area contributed by atoms with Crippen molar-refractivity contribution in [3.8, 4) is 11.3 Å². The lowest BCUT2D eigenvalue weighted by Gasteiger charge is -2.46. The van der Waals surface area contributed by atoms with Crippen LogP contribution in [0, 0.1) is 6.92 Å². The summed E-state index contributed by atoms with van der Waals surface area (Å²) in [6, 6.07) is 9.61. The largest absolute Gasteiger partial charge is 0.379 e. The van der Waals surface area contributed by atoms with Crippen molar-refractivity contribution in [2.75, 3.05) is 10.2 Å². The fourth-order valence-electron chi connectivity index (χ4n) is 6.23. The van der Waals surface area contributed by atoms with Crippen LogP contribution in [0.5, 0.6) is 0 Å². The molecule has 4 heterocycles. The van der Waals surface area contributed by atoms with E-state index in [2.05, 4.69) is 87.9 Å². The molecule has 1 fully saturated rings. The fourth-order valence-corrected chi connectivity index (χ4v) is 6.23. The normalized spacial score (nSPS) is 18.7. The molecule has 188 valence electrons. The maximum Gasteiger partial charge on any atom is 0.258 e. The van der Waals surface area contributed by atoms with Gasteiger partial charge < -0.3 is 9.47 Å². The molecule has 0 spiro atoms. The Morgan fingerprint density at radius 3 is 2.15 bits per heavy atom. The molecule has 1 aliphatic rings. The lowest BCUT2D eigenvalue weighted by molar-refractivity contribution is 0.102. The number of imidazole rings is 1. The number of fused-ring (bicyclic) bond motifs is 1. The molecule has 16 heteroatoms. The quantitative estimate of drug-likeness (QED) is 0.280. The molecule has 0 radical (unpaired) electrons. The van der Waals surface area contributed by atoms with Crippen molar-refractivity contribution >= 4 is 91.3 Å². The van der Waals surface area contributed by atoms with Gasteiger partial charge in [-0.1, -0.05) is 22.6 Å². The highest BCUT2D eigenvalue weighted by Crippen LogP contribution is 2.63. The van der Waals surface area contributed by atoms with Gasteiger partial charge in [-0.15, -0.1) is 0 Å². The standard InChI is InChI=1S/C23H31B8N7O/c1-11-33-10-16(37(11)2)12-3-4-14-9-34-19(35-15(14)7-12)36-18(39)13-5-6-32-17(8-13)38-22(28,29)20(24,25)21(26,27)23(38,30)31/h3-10H,24-31H2,1-2H3,(H,34,35,36,39). The number of hydrogen-bond acceptors (Lipinski definition) is 6. The van der Waals surface area contributed by atoms with Crippen LogP contribution in [0.15, 0.2) is 48.9 Å². The van der Waals surface area contributed by atoms with Crippen molar-refractivity contribution in [3.63, 3.8) is 0 Å². The monoisotopic (exact) mass is 509 g/mol. The average molecular weight is 508 g/mol. The van der Waals surface area contributed by atoms with Gasteiger partial charge >= 0.3 is 0 Å². The van der Waals surface area contributed by atoms with Crippen molar-refractivity contribution in [2.24, 2.45) is 7.05 Å². The number of carbonyl (C=O) groups is 1. The van der Waals surface area contributed by atoms with Crippen LogP contribution in [0.3, 0.4) is 0 Å². The first-order chi connectivity index (χ1) is 18.1. The summed E-state index contributed by atoms with van der Waals surface area (Å²) in [6.07, 6.45) is 5.29. The van der Waals surface area contributed by atoms with Gasteiger partial charge in [-0.2, -0.15) is 0 Å². The maximum atomic E-state index is 13.4. The molecule has 0 saturated carbocycles. The van der Waals surface area contributed by atoms with E-state index < -0.39 is 0 Å². The molecule has 1 aromatic carbocycles. The molecule has 0 aliphatic carbocycles. The number of nitrogens with zero attached hydrogens (tertiary/aromatic N) is 6. The van der Waals surface area contributed by atoms with Crippen LogP contribution in [-0.2, 0) is 7.05 Å². The van der Waals surface area contributed by atoms with Gasteiger partial charge in [-0.05, 0) is 35.8 Å². The molecule has 0 atom stereocenters. The molecule has 3 aromatic heterocycles. The van der Waals surface area contributed by atoms with Crippen molar-refractivity contribution < 1.29 is 4.79 Å². The Labute approximate surface area is 237 Å². The Morgan fingerprint density at radius 2 is 1.54 bits per heavy atom. The second-order valence-electron chi connectivity index (χ2n) is 12.8. The van der Waals surface area contributed by atoms with Crippen LogP contribution in [0.2, 0.25) is 10.4 Å². The zero-order valence-corrected chi connectivity index (χ0v) is 24.7. The minimum absolute atomic E-state index is 0.0184. The van der Waals surface area contributed by atoms with E-state index in [0.717, 1.165) is 33.8 Å². The second kappa shape index (κ2) is 8.86. The lowest BCUT2D eigenvalue weighted by atomic mass is 9.17. The third kappa shape index (κ3) is 3.97. The molecule has 1 aliphatic heterocycles. The Hall–Kier alpha value is -3.29. The summed E-state index contributed by atoms with van der Waals surface area (Å²) in [6.45, 7) is 1.97. The predicted octanol–water partition coefficient (Wildman–Crippen LogP) is -4.59. The van der Waals surface area contributed by atoms with Crippen LogP contribution < -0.4 is 10.2 Å². The summed E-state index contributed by atoms with van der Waals surface area (Å²) in [5.41, 5.74) is 3.26. The number of aromatic nitrogens is 5. The lowest BCUT2D eigenvalue weighted by Crippen LogP contribution is -2.60. The highest BCUT2D eigenvalue weighted by atomic mass is 16.1. The fraction of sp³-hybridized carbons (Fsp3) is 0.261. The van der Waals surface area contributed by atoms with Crippen LogP contribution in [0.1, 0.15) is 16.2 Å². The summed E-state index contributed by atoms with van der Waals surface area (Å²) in [4.78, 5) is 33.9. The topological polar surface area (TPSA) is 88.8 Å². The van der Waals surface area contributed by atoms with Gasteiger partial charge in [-0.3, -0.25) is 10.1 Å². The van der Waals surface area contributed by atoms with Crippen LogP contribution in [-0.4, -0.2) is 104 Å². The molecule has 4 aromatic rings. The van der Waals surface area contributed by atoms with E-state index >= 15 is 0 Å². The first-order valence-electron chi connectivity index (χ1n) is 13.4. The third-order valence-electron chi connectivity index (χ3n) is 10.3. The maximum absolute atomic E-state index is 13.4. The van der Waals surface area contributed by atoms with Crippen LogP contribution in [0.4, 0.5) is 11.8 Å². The molecule has 1 N–H and O–H groups in total. The van der Waals surface area contributed by atoms with Gasteiger partial charge in [0.25, 0.3) is 5.91 Å². The summed E-state index contributed by atoms with van der Waals surface area (Å²) in [5, 5.41) is 3.35. The molecule has 0 bridgehead atoms. The first kappa shape index (κ1) is 27.3. The zero-order valence-electron chi connectivity index (χ0n) is 24.7. The number of anilines is 2. The van der Waals surface area contributed by atoms with E-state index in [1.54, 1.807) is 18.5 Å². The van der Waals surface area contributed by atoms with E-state index in [1.807, 2.05) is 49.0 Å². The number of pyridine rings is 1. The average Bonchev–Trinajstić information content (AvgIpc) is 3.23. The Morgan fingerprint density at radius 1 is 0.872 bits per heavy atom. The van der Waals surface area contributed by atoms with Gasteiger partial charge in [0.05, 0.1) is 48.8 Å². The SMILES string of the molecule is BC1(B)N(c2cc(C(=O)Nc3ncc4ccc(-c5cnc(C)n5C)cc4n3)ccn2)C(B)(B)C(B)(B)C1(B)B. The smallest absolute Gasteiger partial charge is 0.258 e. The number of benzene rings is 1. The summed E-state index contributed by atoms with van der Waals surface area (Å²) < 4.78 is 2.04. The van der Waals surface area contributed by atoms with E-state index in [9.17, 15) is 4.79 Å². The predicted molar refractivity (Wildman–Crippen MR) is 180 cm³/mol. The van der Waals surface area contributed by atoms with Gasteiger partial charge in [0, 0.05) is 36.0 Å². The van der Waals surface area contributed by atoms with Crippen molar-refractivity contribution in [2.45, 2.75) is 28.0 Å².